The largest absolute Gasteiger partial charge is 0.369 e. The van der Waals surface area contributed by atoms with Crippen molar-refractivity contribution in [2.75, 3.05) is 44.2 Å². The van der Waals surface area contributed by atoms with E-state index in [0.717, 1.165) is 43.3 Å². The van der Waals surface area contributed by atoms with Crippen LogP contribution in [0, 0.1) is 0 Å². The topological polar surface area (TPSA) is 116 Å². The number of benzene rings is 1. The number of amides is 4. The maximum Gasteiger partial charge on any atom is 0.262 e. The standard InChI is InChI=1S/C19H23N5O4/c20-5-6-22-7-9-23(10-8-22)12-1-2-13-14(11-12)19(28)24(18(13)27)15-3-4-16(25)21-17(15)26/h1-2,11,15H,3-10,20H2,(H,21,25,26). The first kappa shape index (κ1) is 18.6. The lowest BCUT2D eigenvalue weighted by molar-refractivity contribution is -0.136. The molecule has 0 bridgehead atoms. The van der Waals surface area contributed by atoms with Crippen molar-refractivity contribution in [3.8, 4) is 0 Å². The van der Waals surface area contributed by atoms with E-state index >= 15 is 0 Å². The second-order valence-corrected chi connectivity index (χ2v) is 7.29. The number of imide groups is 2. The summed E-state index contributed by atoms with van der Waals surface area (Å²) in [6, 6.07) is 4.30. The van der Waals surface area contributed by atoms with Crippen molar-refractivity contribution in [2.24, 2.45) is 5.73 Å². The second-order valence-electron chi connectivity index (χ2n) is 7.29. The van der Waals surface area contributed by atoms with E-state index in [1.807, 2.05) is 6.07 Å². The van der Waals surface area contributed by atoms with Crippen molar-refractivity contribution in [1.29, 1.82) is 0 Å². The molecular weight excluding hydrogens is 362 g/mol. The number of fused-ring (bicyclic) bond motifs is 1. The Kier molecular flexibility index (Phi) is 4.86. The predicted octanol–water partition coefficient (Wildman–Crippen LogP) is -0.831. The molecule has 4 rings (SSSR count). The summed E-state index contributed by atoms with van der Waals surface area (Å²) in [7, 11) is 0. The monoisotopic (exact) mass is 385 g/mol. The summed E-state index contributed by atoms with van der Waals surface area (Å²) in [5.41, 5.74) is 7.12. The number of anilines is 1. The number of piperazine rings is 1. The molecule has 9 heteroatoms. The molecule has 0 aliphatic carbocycles. The molecular formula is C19H23N5O4. The van der Waals surface area contributed by atoms with Gasteiger partial charge in [-0.3, -0.25) is 34.3 Å². The fourth-order valence-corrected chi connectivity index (χ4v) is 4.07. The Morgan fingerprint density at radius 3 is 2.39 bits per heavy atom. The molecule has 0 spiro atoms. The molecule has 28 heavy (non-hydrogen) atoms. The zero-order valence-corrected chi connectivity index (χ0v) is 15.5. The van der Waals surface area contributed by atoms with Crippen LogP contribution in [0.5, 0.6) is 0 Å². The first-order chi connectivity index (χ1) is 13.5. The van der Waals surface area contributed by atoms with E-state index in [4.69, 9.17) is 5.73 Å². The van der Waals surface area contributed by atoms with E-state index < -0.39 is 23.8 Å². The summed E-state index contributed by atoms with van der Waals surface area (Å²) in [6.45, 7) is 4.92. The van der Waals surface area contributed by atoms with Crippen LogP contribution in [0.4, 0.5) is 5.69 Å². The van der Waals surface area contributed by atoms with Crippen molar-refractivity contribution in [1.82, 2.24) is 15.1 Å². The number of piperidine rings is 1. The number of nitrogens with one attached hydrogen (secondary N) is 1. The molecule has 3 aliphatic rings. The highest BCUT2D eigenvalue weighted by atomic mass is 16.2. The van der Waals surface area contributed by atoms with E-state index in [1.54, 1.807) is 12.1 Å². The zero-order valence-electron chi connectivity index (χ0n) is 15.5. The molecule has 3 N–H and O–H groups in total. The van der Waals surface area contributed by atoms with Gasteiger partial charge in [0.05, 0.1) is 11.1 Å². The highest BCUT2D eigenvalue weighted by molar-refractivity contribution is 6.23. The first-order valence-electron chi connectivity index (χ1n) is 9.52. The van der Waals surface area contributed by atoms with Gasteiger partial charge in [0, 0.05) is 51.4 Å². The molecule has 1 atom stereocenters. The Balaban J connectivity index is 1.53. The van der Waals surface area contributed by atoms with Crippen molar-refractivity contribution < 1.29 is 19.2 Å². The van der Waals surface area contributed by atoms with Crippen LogP contribution in [0.25, 0.3) is 0 Å². The minimum Gasteiger partial charge on any atom is -0.369 e. The zero-order chi connectivity index (χ0) is 19.8. The van der Waals surface area contributed by atoms with E-state index in [9.17, 15) is 19.2 Å². The highest BCUT2D eigenvalue weighted by Crippen LogP contribution is 2.30. The van der Waals surface area contributed by atoms with Gasteiger partial charge in [-0.15, -0.1) is 0 Å². The normalized spacial score (nSPS) is 23.2. The molecule has 3 heterocycles. The van der Waals surface area contributed by atoms with Crippen LogP contribution in [-0.2, 0) is 9.59 Å². The van der Waals surface area contributed by atoms with Gasteiger partial charge in [-0.05, 0) is 24.6 Å². The quantitative estimate of drug-likeness (QED) is 0.650. The molecule has 2 saturated heterocycles. The average molecular weight is 385 g/mol. The number of carbonyl (C=O) groups is 4. The van der Waals surface area contributed by atoms with Crippen LogP contribution in [0.1, 0.15) is 33.6 Å². The van der Waals surface area contributed by atoms with Gasteiger partial charge < -0.3 is 10.6 Å². The lowest BCUT2D eigenvalue weighted by Crippen LogP contribution is -2.54. The van der Waals surface area contributed by atoms with Gasteiger partial charge in [-0.25, -0.2) is 0 Å². The third-order valence-electron chi connectivity index (χ3n) is 5.61. The van der Waals surface area contributed by atoms with E-state index in [-0.39, 0.29) is 18.7 Å². The maximum atomic E-state index is 12.9. The van der Waals surface area contributed by atoms with Gasteiger partial charge in [0.2, 0.25) is 11.8 Å². The van der Waals surface area contributed by atoms with Crippen LogP contribution in [-0.4, -0.2) is 78.7 Å². The first-order valence-corrected chi connectivity index (χ1v) is 9.52. The van der Waals surface area contributed by atoms with Crippen molar-refractivity contribution in [3.05, 3.63) is 29.3 Å². The smallest absolute Gasteiger partial charge is 0.262 e. The molecule has 3 aliphatic heterocycles. The Hall–Kier alpha value is -2.78. The molecule has 1 aromatic carbocycles. The third kappa shape index (κ3) is 3.16. The molecule has 9 nitrogen and oxygen atoms in total. The minimum atomic E-state index is -0.937. The van der Waals surface area contributed by atoms with E-state index in [1.165, 1.54) is 0 Å². The Bertz CT molecular complexity index is 847. The van der Waals surface area contributed by atoms with Crippen LogP contribution < -0.4 is 16.0 Å². The van der Waals surface area contributed by atoms with Crippen molar-refractivity contribution in [2.45, 2.75) is 18.9 Å². The molecule has 2 fully saturated rings. The van der Waals surface area contributed by atoms with Gasteiger partial charge in [0.15, 0.2) is 0 Å². The fourth-order valence-electron chi connectivity index (χ4n) is 4.07. The van der Waals surface area contributed by atoms with Gasteiger partial charge in [0.1, 0.15) is 6.04 Å². The summed E-state index contributed by atoms with van der Waals surface area (Å²) in [5.74, 6) is -1.93. The second kappa shape index (κ2) is 7.33. The third-order valence-corrected chi connectivity index (χ3v) is 5.61. The van der Waals surface area contributed by atoms with Crippen LogP contribution in [0.3, 0.4) is 0 Å². The Morgan fingerprint density at radius 1 is 1.00 bits per heavy atom. The number of hydrogen-bond donors (Lipinski definition) is 2. The van der Waals surface area contributed by atoms with Crippen molar-refractivity contribution >= 4 is 29.3 Å². The average Bonchev–Trinajstić information content (AvgIpc) is 2.93. The van der Waals surface area contributed by atoms with Crippen LogP contribution >= 0.6 is 0 Å². The Labute approximate surface area is 162 Å². The minimum absolute atomic E-state index is 0.113. The molecule has 1 aromatic rings. The Morgan fingerprint density at radius 2 is 1.71 bits per heavy atom. The maximum absolute atomic E-state index is 12.9. The van der Waals surface area contributed by atoms with E-state index in [0.29, 0.717) is 17.7 Å². The van der Waals surface area contributed by atoms with Gasteiger partial charge in [-0.2, -0.15) is 0 Å². The van der Waals surface area contributed by atoms with E-state index in [2.05, 4.69) is 15.1 Å². The molecule has 148 valence electrons. The summed E-state index contributed by atoms with van der Waals surface area (Å²) in [6.07, 6.45) is 0.272. The molecule has 1 unspecified atom stereocenters. The lowest BCUT2D eigenvalue weighted by Gasteiger charge is -2.36. The number of carbonyl (C=O) groups excluding carboxylic acids is 4. The summed E-state index contributed by atoms with van der Waals surface area (Å²) < 4.78 is 0. The molecule has 4 amide bonds. The molecule has 0 radical (unpaired) electrons. The van der Waals surface area contributed by atoms with Crippen LogP contribution in [0.15, 0.2) is 18.2 Å². The SMILES string of the molecule is NCCN1CCN(c2ccc3c(c2)C(=O)N(C2CCC(=O)NC2=O)C3=O)CC1. The highest BCUT2D eigenvalue weighted by Gasteiger charge is 2.44. The van der Waals surface area contributed by atoms with Crippen molar-refractivity contribution in [3.63, 3.8) is 0 Å². The van der Waals surface area contributed by atoms with Gasteiger partial charge in [0.25, 0.3) is 11.8 Å². The van der Waals surface area contributed by atoms with Gasteiger partial charge in [-0.1, -0.05) is 0 Å². The van der Waals surface area contributed by atoms with Crippen LogP contribution in [0.2, 0.25) is 0 Å². The number of hydrogen-bond acceptors (Lipinski definition) is 7. The lowest BCUT2D eigenvalue weighted by atomic mass is 10.0. The summed E-state index contributed by atoms with van der Waals surface area (Å²) in [5, 5.41) is 2.21. The predicted molar refractivity (Wildman–Crippen MR) is 101 cm³/mol. The summed E-state index contributed by atoms with van der Waals surface area (Å²) in [4.78, 5) is 54.6. The summed E-state index contributed by atoms with van der Waals surface area (Å²) >= 11 is 0. The number of nitrogens with two attached hydrogens (primary N) is 1. The fraction of sp³-hybridized carbons (Fsp3) is 0.474. The molecule has 0 saturated carbocycles. The number of rotatable bonds is 4. The number of nitrogens with zero attached hydrogens (tertiary/aromatic N) is 3. The molecule has 0 aromatic heterocycles. The van der Waals surface area contributed by atoms with Gasteiger partial charge >= 0.3 is 0 Å².